The van der Waals surface area contributed by atoms with Crippen molar-refractivity contribution in [3.05, 3.63) is 69.7 Å². The number of amides is 1. The van der Waals surface area contributed by atoms with Gasteiger partial charge in [-0.15, -0.1) is 0 Å². The van der Waals surface area contributed by atoms with Crippen LogP contribution >= 0.6 is 15.9 Å². The second-order valence-electron chi connectivity index (χ2n) is 6.31. The van der Waals surface area contributed by atoms with E-state index in [1.165, 1.54) is 6.07 Å². The van der Waals surface area contributed by atoms with Crippen molar-refractivity contribution in [1.29, 1.82) is 0 Å². The lowest BCUT2D eigenvalue weighted by molar-refractivity contribution is 0.0906. The van der Waals surface area contributed by atoms with Crippen LogP contribution in [0.2, 0.25) is 0 Å². The van der Waals surface area contributed by atoms with Gasteiger partial charge in [-0.3, -0.25) is 4.79 Å². The molecular formula is C21H22BrF2NO3. The van der Waals surface area contributed by atoms with Gasteiger partial charge in [-0.25, -0.2) is 13.6 Å². The Kier molecular flexibility index (Phi) is 8.57. The summed E-state index contributed by atoms with van der Waals surface area (Å²) in [6.45, 7) is 2.16. The molecule has 2 aromatic rings. The van der Waals surface area contributed by atoms with Gasteiger partial charge in [-0.2, -0.15) is 0 Å². The van der Waals surface area contributed by atoms with E-state index in [2.05, 4.69) is 21.2 Å². The van der Waals surface area contributed by atoms with Gasteiger partial charge in [-0.05, 0) is 49.1 Å². The third-order valence-corrected chi connectivity index (χ3v) is 4.71. The van der Waals surface area contributed by atoms with E-state index < -0.39 is 35.1 Å². The van der Waals surface area contributed by atoms with Crippen LogP contribution in [0.15, 0.2) is 46.9 Å². The summed E-state index contributed by atoms with van der Waals surface area (Å²) in [4.78, 5) is 24.8. The number of ketones is 1. The van der Waals surface area contributed by atoms with Gasteiger partial charge in [0.05, 0.1) is 18.2 Å². The summed E-state index contributed by atoms with van der Waals surface area (Å²) < 4.78 is 34.0. The Balaban J connectivity index is 2.15. The zero-order valence-corrected chi connectivity index (χ0v) is 17.1. The minimum atomic E-state index is -1.11. The molecule has 2 aromatic carbocycles. The lowest BCUT2D eigenvalue weighted by atomic mass is 9.97. The predicted octanol–water partition coefficient (Wildman–Crippen LogP) is 5.44. The molecule has 0 saturated carbocycles. The summed E-state index contributed by atoms with van der Waals surface area (Å²) in [7, 11) is 0. The number of carbonyl (C=O) groups excluding carboxylic acids is 2. The molecule has 150 valence electrons. The van der Waals surface area contributed by atoms with Crippen molar-refractivity contribution in [1.82, 2.24) is 5.32 Å². The van der Waals surface area contributed by atoms with Crippen molar-refractivity contribution in [3.8, 4) is 0 Å². The second kappa shape index (κ2) is 10.9. The molecular weight excluding hydrogens is 432 g/mol. The Morgan fingerprint density at radius 3 is 2.36 bits per heavy atom. The molecule has 0 aliphatic rings. The fourth-order valence-electron chi connectivity index (χ4n) is 2.63. The van der Waals surface area contributed by atoms with Crippen molar-refractivity contribution in [2.75, 3.05) is 6.61 Å². The first-order chi connectivity index (χ1) is 13.4. The number of rotatable bonds is 9. The molecule has 1 unspecified atom stereocenters. The minimum Gasteiger partial charge on any atom is -0.450 e. The lowest BCUT2D eigenvalue weighted by Crippen LogP contribution is -2.42. The van der Waals surface area contributed by atoms with Crippen LogP contribution < -0.4 is 5.32 Å². The quantitative estimate of drug-likeness (QED) is 0.406. The van der Waals surface area contributed by atoms with Crippen LogP contribution in [0.4, 0.5) is 13.6 Å². The maximum atomic E-state index is 14.0. The topological polar surface area (TPSA) is 55.4 Å². The molecule has 1 N–H and O–H groups in total. The van der Waals surface area contributed by atoms with Crippen LogP contribution in [0, 0.1) is 11.6 Å². The highest BCUT2D eigenvalue weighted by Crippen LogP contribution is 2.18. The van der Waals surface area contributed by atoms with Crippen LogP contribution in [-0.4, -0.2) is 24.5 Å². The molecule has 4 nitrogen and oxygen atoms in total. The Hall–Kier alpha value is -2.28. The summed E-state index contributed by atoms with van der Waals surface area (Å²) in [6.07, 6.45) is 1.37. The number of hydrogen-bond acceptors (Lipinski definition) is 3. The third kappa shape index (κ3) is 6.41. The molecule has 0 aromatic heterocycles. The smallest absolute Gasteiger partial charge is 0.407 e. The Morgan fingerprint density at radius 2 is 1.75 bits per heavy atom. The van der Waals surface area contributed by atoms with Gasteiger partial charge in [0.1, 0.15) is 11.6 Å². The number of Topliss-reactive ketones (excluding diaryl/α,β-unsaturated/α-hetero) is 1. The van der Waals surface area contributed by atoms with Crippen LogP contribution in [-0.2, 0) is 11.2 Å². The monoisotopic (exact) mass is 453 g/mol. The minimum absolute atomic E-state index is 0.178. The number of alkyl carbamates (subject to hydrolysis) is 1. The first-order valence-corrected chi connectivity index (χ1v) is 9.87. The van der Waals surface area contributed by atoms with E-state index in [9.17, 15) is 18.4 Å². The fraction of sp³-hybridized carbons (Fsp3) is 0.333. The SMILES string of the molecule is CCCCOC(=O)NC(CCc1ccc(Br)cc1)C(=O)c1c(F)cccc1F. The van der Waals surface area contributed by atoms with Gasteiger partial charge in [0, 0.05) is 4.47 Å². The molecule has 0 radical (unpaired) electrons. The molecule has 0 aliphatic heterocycles. The van der Waals surface area contributed by atoms with Crippen molar-refractivity contribution >= 4 is 27.8 Å². The molecule has 0 spiro atoms. The number of unbranched alkanes of at least 4 members (excludes halogenated alkanes) is 1. The first-order valence-electron chi connectivity index (χ1n) is 9.08. The average molecular weight is 454 g/mol. The zero-order valence-electron chi connectivity index (χ0n) is 15.5. The maximum absolute atomic E-state index is 14.0. The molecule has 2 rings (SSSR count). The molecule has 0 aliphatic carbocycles. The van der Waals surface area contributed by atoms with Crippen LogP contribution in [0.5, 0.6) is 0 Å². The van der Waals surface area contributed by atoms with E-state index in [0.29, 0.717) is 12.8 Å². The van der Waals surface area contributed by atoms with E-state index in [4.69, 9.17) is 4.74 Å². The highest BCUT2D eigenvalue weighted by molar-refractivity contribution is 9.10. The first kappa shape index (κ1) is 22.0. The standard InChI is InChI=1S/C21H22BrF2NO3/c1-2-3-13-28-21(27)25-18(12-9-14-7-10-15(22)11-8-14)20(26)19-16(23)5-4-6-17(19)24/h4-8,10-11,18H,2-3,9,12-13H2,1H3,(H,25,27). The Morgan fingerprint density at radius 1 is 1.11 bits per heavy atom. The van der Waals surface area contributed by atoms with Gasteiger partial charge >= 0.3 is 6.09 Å². The summed E-state index contributed by atoms with van der Waals surface area (Å²) in [5, 5.41) is 2.46. The molecule has 0 bridgehead atoms. The van der Waals surface area contributed by atoms with Crippen LogP contribution in [0.3, 0.4) is 0 Å². The summed E-state index contributed by atoms with van der Waals surface area (Å²) in [5.74, 6) is -2.74. The molecule has 0 heterocycles. The van der Waals surface area contributed by atoms with E-state index >= 15 is 0 Å². The fourth-order valence-corrected chi connectivity index (χ4v) is 2.90. The molecule has 0 fully saturated rings. The molecule has 0 saturated heterocycles. The Bertz CT molecular complexity index is 792. The normalized spacial score (nSPS) is 11.7. The third-order valence-electron chi connectivity index (χ3n) is 4.18. The number of benzene rings is 2. The largest absolute Gasteiger partial charge is 0.450 e. The lowest BCUT2D eigenvalue weighted by Gasteiger charge is -2.18. The van der Waals surface area contributed by atoms with E-state index in [-0.39, 0.29) is 13.0 Å². The van der Waals surface area contributed by atoms with E-state index in [1.807, 2.05) is 31.2 Å². The number of hydrogen-bond donors (Lipinski definition) is 1. The Labute approximate surface area is 171 Å². The highest BCUT2D eigenvalue weighted by Gasteiger charge is 2.27. The number of aryl methyl sites for hydroxylation is 1. The predicted molar refractivity (Wildman–Crippen MR) is 106 cm³/mol. The molecule has 1 amide bonds. The van der Waals surface area contributed by atoms with Crippen molar-refractivity contribution in [2.45, 2.75) is 38.6 Å². The van der Waals surface area contributed by atoms with Gasteiger partial charge in [0.2, 0.25) is 0 Å². The van der Waals surface area contributed by atoms with Crippen molar-refractivity contribution in [2.24, 2.45) is 0 Å². The van der Waals surface area contributed by atoms with Crippen molar-refractivity contribution in [3.63, 3.8) is 0 Å². The van der Waals surface area contributed by atoms with Gasteiger partial charge in [-0.1, -0.05) is 47.5 Å². The van der Waals surface area contributed by atoms with Crippen LogP contribution in [0.25, 0.3) is 0 Å². The number of nitrogens with one attached hydrogen (secondary N) is 1. The number of carbonyl (C=O) groups is 2. The highest BCUT2D eigenvalue weighted by atomic mass is 79.9. The number of ether oxygens (including phenoxy) is 1. The molecule has 1 atom stereocenters. The summed E-state index contributed by atoms with van der Waals surface area (Å²) >= 11 is 3.35. The van der Waals surface area contributed by atoms with Gasteiger partial charge in [0.25, 0.3) is 0 Å². The van der Waals surface area contributed by atoms with Gasteiger partial charge < -0.3 is 10.1 Å². The number of halogens is 3. The molecule has 7 heteroatoms. The van der Waals surface area contributed by atoms with Crippen molar-refractivity contribution < 1.29 is 23.1 Å². The van der Waals surface area contributed by atoms with E-state index in [0.717, 1.165) is 28.6 Å². The second-order valence-corrected chi connectivity index (χ2v) is 7.23. The van der Waals surface area contributed by atoms with Crippen LogP contribution in [0.1, 0.15) is 42.1 Å². The summed E-state index contributed by atoms with van der Waals surface area (Å²) in [5.41, 5.74) is 0.272. The zero-order chi connectivity index (χ0) is 20.5. The van der Waals surface area contributed by atoms with E-state index in [1.54, 1.807) is 0 Å². The molecule has 28 heavy (non-hydrogen) atoms. The summed E-state index contributed by atoms with van der Waals surface area (Å²) in [6, 6.07) is 9.56. The average Bonchev–Trinajstić information content (AvgIpc) is 2.66. The van der Waals surface area contributed by atoms with Gasteiger partial charge in [0.15, 0.2) is 5.78 Å². The maximum Gasteiger partial charge on any atom is 0.407 e.